The molecule has 38 heavy (non-hydrogen) atoms. The van der Waals surface area contributed by atoms with Crippen molar-refractivity contribution in [2.45, 2.75) is 0 Å². The van der Waals surface area contributed by atoms with Gasteiger partial charge >= 0.3 is 0 Å². The molecule has 0 N–H and O–H groups in total. The third-order valence-corrected chi connectivity index (χ3v) is 7.15. The lowest BCUT2D eigenvalue weighted by molar-refractivity contribution is -0.113. The van der Waals surface area contributed by atoms with Crippen molar-refractivity contribution in [3.63, 3.8) is 0 Å². The van der Waals surface area contributed by atoms with E-state index >= 15 is 0 Å². The van der Waals surface area contributed by atoms with Crippen LogP contribution in [0.4, 0.5) is 5.69 Å². The van der Waals surface area contributed by atoms with E-state index in [1.54, 1.807) is 23.1 Å². The average molecular weight is 534 g/mol. The summed E-state index contributed by atoms with van der Waals surface area (Å²) in [6.07, 6.45) is 3.68. The summed E-state index contributed by atoms with van der Waals surface area (Å²) >= 11 is 12.2. The monoisotopic (exact) mass is 533 g/mol. The summed E-state index contributed by atoms with van der Waals surface area (Å²) in [5.41, 5.74) is 6.12. The predicted molar refractivity (Wildman–Crippen MR) is 156 cm³/mol. The number of nitrogens with zero attached hydrogens (tertiary/aromatic N) is 1. The fourth-order valence-electron chi connectivity index (χ4n) is 4.51. The van der Waals surface area contributed by atoms with Gasteiger partial charge in [0.05, 0.1) is 15.7 Å². The maximum absolute atomic E-state index is 13.7. The van der Waals surface area contributed by atoms with Gasteiger partial charge in [0.15, 0.2) is 0 Å². The lowest BCUT2D eigenvalue weighted by Crippen LogP contribution is -2.24. The summed E-state index contributed by atoms with van der Waals surface area (Å²) in [6.45, 7) is 0. The normalized spacial score (nSPS) is 14.3. The van der Waals surface area contributed by atoms with Crippen LogP contribution in [0.15, 0.2) is 131 Å². The van der Waals surface area contributed by atoms with E-state index in [9.17, 15) is 4.79 Å². The molecule has 3 nitrogen and oxygen atoms in total. The SMILES string of the molecule is O=C1C(=Cc2ccc(-c3ccc(Cl)c(Cl)c3)o2)C=C(c2ccccc2)N1c1ccc(-c2ccccc2)cc1. The van der Waals surface area contributed by atoms with Crippen molar-refractivity contribution in [1.82, 2.24) is 0 Å². The van der Waals surface area contributed by atoms with Crippen LogP contribution in [0.25, 0.3) is 34.2 Å². The molecule has 1 aliphatic heterocycles. The molecule has 0 bridgehead atoms. The summed E-state index contributed by atoms with van der Waals surface area (Å²) in [6, 6.07) is 37.1. The molecule has 0 radical (unpaired) electrons. The van der Waals surface area contributed by atoms with Crippen LogP contribution in [-0.2, 0) is 4.79 Å². The molecule has 2 heterocycles. The topological polar surface area (TPSA) is 33.5 Å². The molecule has 0 saturated carbocycles. The first-order chi connectivity index (χ1) is 18.6. The van der Waals surface area contributed by atoms with Crippen molar-refractivity contribution >= 4 is 46.6 Å². The van der Waals surface area contributed by atoms with Crippen molar-refractivity contribution in [3.8, 4) is 22.5 Å². The Hall–Kier alpha value is -4.31. The van der Waals surface area contributed by atoms with Crippen LogP contribution in [0.2, 0.25) is 10.0 Å². The fourth-order valence-corrected chi connectivity index (χ4v) is 4.81. The Morgan fingerprint density at radius 2 is 1.26 bits per heavy atom. The Labute approximate surface area is 230 Å². The third kappa shape index (κ3) is 4.70. The number of halogens is 2. The van der Waals surface area contributed by atoms with Crippen molar-refractivity contribution < 1.29 is 9.21 Å². The van der Waals surface area contributed by atoms with Gasteiger partial charge in [-0.3, -0.25) is 9.69 Å². The van der Waals surface area contributed by atoms with Gasteiger partial charge in [0.1, 0.15) is 11.5 Å². The van der Waals surface area contributed by atoms with Crippen molar-refractivity contribution in [3.05, 3.63) is 148 Å². The summed E-state index contributed by atoms with van der Waals surface area (Å²) in [5, 5.41) is 0.937. The minimum Gasteiger partial charge on any atom is -0.457 e. The summed E-state index contributed by atoms with van der Waals surface area (Å²) < 4.78 is 6.04. The first-order valence-corrected chi connectivity index (χ1v) is 12.9. The van der Waals surface area contributed by atoms with Gasteiger partial charge in [0, 0.05) is 16.8 Å². The minimum absolute atomic E-state index is 0.121. The van der Waals surface area contributed by atoms with Crippen LogP contribution in [-0.4, -0.2) is 5.91 Å². The Balaban J connectivity index is 1.35. The first kappa shape index (κ1) is 24.1. The number of benzene rings is 4. The maximum atomic E-state index is 13.7. The molecule has 0 saturated heterocycles. The van der Waals surface area contributed by atoms with Gasteiger partial charge < -0.3 is 4.42 Å². The zero-order valence-corrected chi connectivity index (χ0v) is 21.7. The van der Waals surface area contributed by atoms with Gasteiger partial charge in [-0.15, -0.1) is 0 Å². The second-order valence-corrected chi connectivity index (χ2v) is 9.69. The Kier molecular flexibility index (Phi) is 6.47. The lowest BCUT2D eigenvalue weighted by atomic mass is 10.0. The van der Waals surface area contributed by atoms with E-state index in [2.05, 4.69) is 12.1 Å². The van der Waals surface area contributed by atoms with Gasteiger partial charge in [-0.2, -0.15) is 0 Å². The molecule has 0 unspecified atom stereocenters. The van der Waals surface area contributed by atoms with Crippen molar-refractivity contribution in [1.29, 1.82) is 0 Å². The van der Waals surface area contributed by atoms with Crippen molar-refractivity contribution in [2.75, 3.05) is 4.90 Å². The van der Waals surface area contributed by atoms with Crippen LogP contribution in [0, 0.1) is 0 Å². The van der Waals surface area contributed by atoms with Crippen LogP contribution in [0.5, 0.6) is 0 Å². The number of rotatable bonds is 5. The van der Waals surface area contributed by atoms with Crippen LogP contribution >= 0.6 is 23.2 Å². The standard InChI is InChI=1S/C33H21Cl2NO2/c34-29-17-13-25(20-30(29)35)32-18-16-28(38-32)19-26-21-31(24-9-5-2-6-10-24)36(33(26)37)27-14-11-23(12-15-27)22-7-3-1-4-8-22/h1-21H. The molecule has 1 amide bonds. The Bertz CT molecular complexity index is 1680. The fraction of sp³-hybridized carbons (Fsp3) is 0. The number of carbonyl (C=O) groups is 1. The highest BCUT2D eigenvalue weighted by Gasteiger charge is 2.30. The molecular formula is C33H21Cl2NO2. The second kappa shape index (κ2) is 10.2. The number of hydrogen-bond donors (Lipinski definition) is 0. The Morgan fingerprint density at radius 1 is 0.632 bits per heavy atom. The van der Waals surface area contributed by atoms with E-state index in [4.69, 9.17) is 27.6 Å². The van der Waals surface area contributed by atoms with Gasteiger partial charge in [0.2, 0.25) is 0 Å². The van der Waals surface area contributed by atoms with E-state index in [0.717, 1.165) is 33.6 Å². The quantitative estimate of drug-likeness (QED) is 0.211. The van der Waals surface area contributed by atoms with Gasteiger partial charge in [0.25, 0.3) is 5.91 Å². The average Bonchev–Trinajstić information content (AvgIpc) is 3.56. The molecule has 6 rings (SSSR count). The predicted octanol–water partition coefficient (Wildman–Crippen LogP) is 9.39. The van der Waals surface area contributed by atoms with Crippen molar-refractivity contribution in [2.24, 2.45) is 0 Å². The molecule has 184 valence electrons. The molecule has 0 aliphatic carbocycles. The number of carbonyl (C=O) groups excluding carboxylic acids is 1. The molecule has 1 aromatic heterocycles. The smallest absolute Gasteiger partial charge is 0.263 e. The zero-order chi connectivity index (χ0) is 26.1. The number of amides is 1. The van der Waals surface area contributed by atoms with E-state index in [1.165, 1.54) is 0 Å². The molecule has 0 atom stereocenters. The molecule has 0 fully saturated rings. The molecule has 5 heteroatoms. The van der Waals surface area contributed by atoms with Crippen LogP contribution < -0.4 is 4.90 Å². The van der Waals surface area contributed by atoms with E-state index in [-0.39, 0.29) is 5.91 Å². The number of anilines is 1. The number of furan rings is 1. The summed E-state index contributed by atoms with van der Waals surface area (Å²) in [7, 11) is 0. The van der Waals surface area contributed by atoms with Gasteiger partial charge in [-0.05, 0) is 71.3 Å². The third-order valence-electron chi connectivity index (χ3n) is 6.41. The van der Waals surface area contributed by atoms with E-state index in [1.807, 2.05) is 97.1 Å². The molecule has 0 spiro atoms. The van der Waals surface area contributed by atoms with E-state index in [0.29, 0.717) is 27.1 Å². The highest BCUT2D eigenvalue weighted by atomic mass is 35.5. The largest absolute Gasteiger partial charge is 0.457 e. The second-order valence-electron chi connectivity index (χ2n) is 8.88. The highest BCUT2D eigenvalue weighted by molar-refractivity contribution is 6.42. The maximum Gasteiger partial charge on any atom is 0.263 e. The molecular weight excluding hydrogens is 513 g/mol. The van der Waals surface area contributed by atoms with Crippen LogP contribution in [0.1, 0.15) is 11.3 Å². The zero-order valence-electron chi connectivity index (χ0n) is 20.1. The van der Waals surface area contributed by atoms with Gasteiger partial charge in [-0.25, -0.2) is 0 Å². The van der Waals surface area contributed by atoms with E-state index < -0.39 is 0 Å². The lowest BCUT2D eigenvalue weighted by Gasteiger charge is -2.21. The van der Waals surface area contributed by atoms with Crippen LogP contribution in [0.3, 0.4) is 0 Å². The summed E-state index contributed by atoms with van der Waals surface area (Å²) in [5.74, 6) is 1.09. The first-order valence-electron chi connectivity index (χ1n) is 12.1. The number of hydrogen-bond acceptors (Lipinski definition) is 2. The molecule has 1 aliphatic rings. The highest BCUT2D eigenvalue weighted by Crippen LogP contribution is 2.37. The Morgan fingerprint density at radius 3 is 1.95 bits per heavy atom. The molecule has 5 aromatic rings. The minimum atomic E-state index is -0.121. The molecule has 4 aromatic carbocycles. The summed E-state index contributed by atoms with van der Waals surface area (Å²) in [4.78, 5) is 15.5. The van der Waals surface area contributed by atoms with Gasteiger partial charge in [-0.1, -0.05) is 96.0 Å².